The van der Waals surface area contributed by atoms with Gasteiger partial charge in [0.05, 0.1) is 7.11 Å². The van der Waals surface area contributed by atoms with Gasteiger partial charge in [-0.15, -0.1) is 0 Å². The van der Waals surface area contributed by atoms with E-state index in [1.807, 2.05) is 25.1 Å². The molecule has 1 unspecified atom stereocenters. The Labute approximate surface area is 116 Å². The number of carbonyl (C=O) groups is 1. The lowest BCUT2D eigenvalue weighted by atomic mass is 9.84. The smallest absolute Gasteiger partial charge is 0.163 e. The lowest BCUT2D eigenvalue weighted by Gasteiger charge is -2.23. The summed E-state index contributed by atoms with van der Waals surface area (Å²) in [6, 6.07) is 5.66. The number of nitrogens with two attached hydrogens (primary N) is 1. The van der Waals surface area contributed by atoms with Crippen molar-refractivity contribution in [3.8, 4) is 5.75 Å². The average Bonchev–Trinajstić information content (AvgIpc) is 2.36. The average molecular weight is 263 g/mol. The van der Waals surface area contributed by atoms with Crippen molar-refractivity contribution in [1.82, 2.24) is 0 Å². The summed E-state index contributed by atoms with van der Waals surface area (Å²) in [7, 11) is 1.66. The minimum Gasteiger partial charge on any atom is -0.496 e. The lowest BCUT2D eigenvalue weighted by molar-refractivity contribution is 0.0965. The fourth-order valence-electron chi connectivity index (χ4n) is 1.99. The van der Waals surface area contributed by atoms with E-state index in [0.29, 0.717) is 13.0 Å². The van der Waals surface area contributed by atoms with Crippen LogP contribution in [0, 0.1) is 5.92 Å². The van der Waals surface area contributed by atoms with Crippen LogP contribution in [-0.2, 0) is 5.41 Å². The predicted molar refractivity (Wildman–Crippen MR) is 78.9 cm³/mol. The second-order valence-electron chi connectivity index (χ2n) is 6.13. The molecule has 1 atom stereocenters. The van der Waals surface area contributed by atoms with Gasteiger partial charge in [0.15, 0.2) is 5.78 Å². The monoisotopic (exact) mass is 263 g/mol. The molecule has 3 nitrogen and oxygen atoms in total. The van der Waals surface area contributed by atoms with Crippen LogP contribution < -0.4 is 10.5 Å². The molecule has 0 amide bonds. The Hall–Kier alpha value is -1.35. The zero-order chi connectivity index (χ0) is 14.6. The molecule has 19 heavy (non-hydrogen) atoms. The number of ether oxygens (including phenoxy) is 1. The molecule has 0 saturated carbocycles. The molecule has 0 aromatic heterocycles. The Bertz CT molecular complexity index is 447. The highest BCUT2D eigenvalue weighted by atomic mass is 16.5. The second kappa shape index (κ2) is 6.20. The van der Waals surface area contributed by atoms with Crippen LogP contribution >= 0.6 is 0 Å². The summed E-state index contributed by atoms with van der Waals surface area (Å²) >= 11 is 0. The highest BCUT2D eigenvalue weighted by molar-refractivity contribution is 5.96. The third kappa shape index (κ3) is 4.06. The van der Waals surface area contributed by atoms with Crippen molar-refractivity contribution in [2.75, 3.05) is 13.7 Å². The van der Waals surface area contributed by atoms with E-state index in [-0.39, 0.29) is 17.1 Å². The molecule has 0 bridgehead atoms. The van der Waals surface area contributed by atoms with Gasteiger partial charge in [-0.1, -0.05) is 27.7 Å². The Kier molecular flexibility index (Phi) is 5.12. The summed E-state index contributed by atoms with van der Waals surface area (Å²) in [5.74, 6) is 1.19. The van der Waals surface area contributed by atoms with Gasteiger partial charge in [0.2, 0.25) is 0 Å². The maximum atomic E-state index is 12.2. The summed E-state index contributed by atoms with van der Waals surface area (Å²) in [4.78, 5) is 12.2. The van der Waals surface area contributed by atoms with E-state index in [1.165, 1.54) is 0 Å². The minimum atomic E-state index is -0.0544. The maximum Gasteiger partial charge on any atom is 0.163 e. The number of carbonyl (C=O) groups excluding carboxylic acids is 1. The van der Waals surface area contributed by atoms with Crippen LogP contribution in [0.5, 0.6) is 5.75 Å². The first-order valence-corrected chi connectivity index (χ1v) is 6.71. The fourth-order valence-corrected chi connectivity index (χ4v) is 1.99. The molecule has 0 aliphatic heterocycles. The van der Waals surface area contributed by atoms with E-state index in [9.17, 15) is 4.79 Å². The van der Waals surface area contributed by atoms with Crippen LogP contribution in [0.3, 0.4) is 0 Å². The van der Waals surface area contributed by atoms with E-state index in [2.05, 4.69) is 20.8 Å². The highest BCUT2D eigenvalue weighted by Gasteiger charge is 2.21. The molecule has 0 fully saturated rings. The summed E-state index contributed by atoms with van der Waals surface area (Å²) in [5, 5.41) is 0. The molecular weight excluding hydrogens is 238 g/mol. The summed E-state index contributed by atoms with van der Waals surface area (Å²) in [6.07, 6.45) is 0.492. The molecule has 3 heteroatoms. The number of hydrogen-bond donors (Lipinski definition) is 1. The van der Waals surface area contributed by atoms with Gasteiger partial charge in [0.25, 0.3) is 0 Å². The maximum absolute atomic E-state index is 12.2. The van der Waals surface area contributed by atoms with Crippen LogP contribution in [0.2, 0.25) is 0 Å². The number of rotatable bonds is 5. The number of methoxy groups -OCH3 is 1. The second-order valence-corrected chi connectivity index (χ2v) is 6.13. The number of Topliss-reactive ketones (excluding diaryl/α,β-unsaturated/α-hetero) is 1. The Morgan fingerprint density at radius 1 is 1.37 bits per heavy atom. The predicted octanol–water partition coefficient (Wildman–Crippen LogP) is 3.16. The molecule has 1 aromatic carbocycles. The van der Waals surface area contributed by atoms with Gasteiger partial charge in [-0.3, -0.25) is 4.79 Å². The number of benzene rings is 1. The van der Waals surface area contributed by atoms with Gasteiger partial charge in [0.1, 0.15) is 5.75 Å². The van der Waals surface area contributed by atoms with Gasteiger partial charge in [0, 0.05) is 17.5 Å². The van der Waals surface area contributed by atoms with Crippen molar-refractivity contribution in [1.29, 1.82) is 0 Å². The zero-order valence-electron chi connectivity index (χ0n) is 12.6. The molecule has 2 N–H and O–H groups in total. The van der Waals surface area contributed by atoms with E-state index in [1.54, 1.807) is 7.11 Å². The molecule has 1 aromatic rings. The first-order chi connectivity index (χ1) is 8.79. The molecule has 0 spiro atoms. The van der Waals surface area contributed by atoms with E-state index in [0.717, 1.165) is 16.9 Å². The van der Waals surface area contributed by atoms with Crippen LogP contribution in [-0.4, -0.2) is 19.4 Å². The summed E-state index contributed by atoms with van der Waals surface area (Å²) in [6.45, 7) is 8.87. The van der Waals surface area contributed by atoms with Crippen molar-refractivity contribution in [2.24, 2.45) is 11.7 Å². The summed E-state index contributed by atoms with van der Waals surface area (Å²) in [5.41, 5.74) is 7.31. The minimum absolute atomic E-state index is 0.0544. The Morgan fingerprint density at radius 2 is 2.00 bits per heavy atom. The molecule has 0 saturated heterocycles. The number of ketones is 1. The van der Waals surface area contributed by atoms with Gasteiger partial charge >= 0.3 is 0 Å². The standard InChI is InChI=1S/C16H25NO2/c1-11(10-17)8-14(18)12-6-7-15(19-5)13(9-12)16(2,3)4/h6-7,9,11H,8,10,17H2,1-5H3. The normalized spacial score (nSPS) is 13.2. The molecular formula is C16H25NO2. The zero-order valence-corrected chi connectivity index (χ0v) is 12.6. The largest absolute Gasteiger partial charge is 0.496 e. The molecule has 0 aliphatic carbocycles. The number of hydrogen-bond acceptors (Lipinski definition) is 3. The first kappa shape index (κ1) is 15.7. The third-order valence-electron chi connectivity index (χ3n) is 3.27. The van der Waals surface area contributed by atoms with Crippen molar-refractivity contribution < 1.29 is 9.53 Å². The Morgan fingerprint density at radius 3 is 2.47 bits per heavy atom. The molecule has 0 aliphatic rings. The van der Waals surface area contributed by atoms with Gasteiger partial charge in [-0.2, -0.15) is 0 Å². The van der Waals surface area contributed by atoms with E-state index >= 15 is 0 Å². The van der Waals surface area contributed by atoms with Gasteiger partial charge < -0.3 is 10.5 Å². The van der Waals surface area contributed by atoms with Gasteiger partial charge in [-0.05, 0) is 36.1 Å². The molecule has 0 heterocycles. The third-order valence-corrected chi connectivity index (χ3v) is 3.27. The summed E-state index contributed by atoms with van der Waals surface area (Å²) < 4.78 is 5.38. The first-order valence-electron chi connectivity index (χ1n) is 6.71. The van der Waals surface area contributed by atoms with Crippen LogP contribution in [0.4, 0.5) is 0 Å². The van der Waals surface area contributed by atoms with E-state index in [4.69, 9.17) is 10.5 Å². The topological polar surface area (TPSA) is 52.3 Å². The van der Waals surface area contributed by atoms with Crippen molar-refractivity contribution in [2.45, 2.75) is 39.5 Å². The van der Waals surface area contributed by atoms with Gasteiger partial charge in [-0.25, -0.2) is 0 Å². The van der Waals surface area contributed by atoms with Crippen LogP contribution in [0.15, 0.2) is 18.2 Å². The van der Waals surface area contributed by atoms with E-state index < -0.39 is 0 Å². The van der Waals surface area contributed by atoms with Crippen molar-refractivity contribution >= 4 is 5.78 Å². The highest BCUT2D eigenvalue weighted by Crippen LogP contribution is 2.32. The SMILES string of the molecule is COc1ccc(C(=O)CC(C)CN)cc1C(C)(C)C. The quantitative estimate of drug-likeness (QED) is 0.830. The fraction of sp³-hybridized carbons (Fsp3) is 0.562. The molecule has 106 valence electrons. The van der Waals surface area contributed by atoms with Crippen molar-refractivity contribution in [3.05, 3.63) is 29.3 Å². The Balaban J connectivity index is 3.08. The lowest BCUT2D eigenvalue weighted by Crippen LogP contribution is -2.17. The molecule has 0 radical (unpaired) electrons. The van der Waals surface area contributed by atoms with Crippen LogP contribution in [0.1, 0.15) is 50.0 Å². The molecule has 1 rings (SSSR count). The van der Waals surface area contributed by atoms with Crippen molar-refractivity contribution in [3.63, 3.8) is 0 Å². The van der Waals surface area contributed by atoms with Crippen LogP contribution in [0.25, 0.3) is 0 Å².